The second-order valence-electron chi connectivity index (χ2n) is 7.16. The van der Waals surface area contributed by atoms with Gasteiger partial charge in [-0.1, -0.05) is 6.07 Å². The topological polar surface area (TPSA) is 88.2 Å². The summed E-state index contributed by atoms with van der Waals surface area (Å²) < 4.78 is 51.0. The number of alkyl halides is 3. The van der Waals surface area contributed by atoms with Crippen molar-refractivity contribution in [3.05, 3.63) is 29.3 Å². The van der Waals surface area contributed by atoms with Crippen molar-refractivity contribution in [2.24, 2.45) is 5.73 Å². The molecule has 1 aromatic rings. The Morgan fingerprint density at radius 3 is 2.43 bits per heavy atom. The van der Waals surface area contributed by atoms with E-state index < -0.39 is 30.5 Å². The van der Waals surface area contributed by atoms with Crippen molar-refractivity contribution in [2.75, 3.05) is 52.7 Å². The third-order valence-corrected chi connectivity index (χ3v) is 4.87. The Bertz CT molecular complexity index is 603. The first-order chi connectivity index (χ1) is 13.3. The molecule has 0 atom stereocenters. The van der Waals surface area contributed by atoms with Crippen LogP contribution in [-0.2, 0) is 17.3 Å². The van der Waals surface area contributed by atoms with E-state index in [1.165, 1.54) is 6.07 Å². The third-order valence-electron chi connectivity index (χ3n) is 4.87. The summed E-state index contributed by atoms with van der Waals surface area (Å²) in [4.78, 5) is 2.20. The molecule has 2 rings (SSSR count). The molecule has 0 spiro atoms. The summed E-state index contributed by atoms with van der Waals surface area (Å²) in [5.74, 6) is -0.193. The van der Waals surface area contributed by atoms with Crippen LogP contribution in [0.3, 0.4) is 0 Å². The normalized spacial score (nSPS) is 16.4. The second-order valence-corrected chi connectivity index (χ2v) is 7.16. The molecule has 0 amide bonds. The summed E-state index contributed by atoms with van der Waals surface area (Å²) in [5.41, 5.74) is 4.16. The number of ether oxygens (including phenoxy) is 2. The summed E-state index contributed by atoms with van der Waals surface area (Å²) in [6, 6.07) is 3.93. The number of benzene rings is 1. The van der Waals surface area contributed by atoms with Crippen molar-refractivity contribution >= 4 is 0 Å². The van der Waals surface area contributed by atoms with Crippen LogP contribution in [0.1, 0.15) is 24.0 Å². The molecule has 0 aliphatic carbocycles. The maximum Gasteiger partial charge on any atom is 0.419 e. The molecular weight excluding hydrogens is 377 g/mol. The summed E-state index contributed by atoms with van der Waals surface area (Å²) in [6.07, 6.45) is -3.54. The van der Waals surface area contributed by atoms with Crippen molar-refractivity contribution < 1.29 is 32.9 Å². The van der Waals surface area contributed by atoms with E-state index in [4.69, 9.17) is 15.2 Å². The number of rotatable bonds is 10. The van der Waals surface area contributed by atoms with Gasteiger partial charge in [0.1, 0.15) is 5.75 Å². The first-order valence-corrected chi connectivity index (χ1v) is 9.41. The molecule has 1 aliphatic rings. The SMILES string of the molecule is NC(CO)(CO)CCc1ccc(OCCCN2CCOCC2)c(C(F)(F)F)c1. The first kappa shape index (κ1) is 22.9. The molecule has 1 saturated heterocycles. The zero-order valence-corrected chi connectivity index (χ0v) is 15.9. The van der Waals surface area contributed by atoms with Gasteiger partial charge < -0.3 is 25.4 Å². The third kappa shape index (κ3) is 6.89. The molecule has 1 heterocycles. The lowest BCUT2D eigenvalue weighted by atomic mass is 9.93. The van der Waals surface area contributed by atoms with Gasteiger partial charge in [-0.25, -0.2) is 0 Å². The van der Waals surface area contributed by atoms with Gasteiger partial charge >= 0.3 is 6.18 Å². The number of nitrogens with zero attached hydrogens (tertiary/aromatic N) is 1. The quantitative estimate of drug-likeness (QED) is 0.510. The molecule has 0 unspecified atom stereocenters. The van der Waals surface area contributed by atoms with E-state index in [0.29, 0.717) is 25.2 Å². The van der Waals surface area contributed by atoms with E-state index in [1.54, 1.807) is 6.07 Å². The molecule has 1 aromatic carbocycles. The Hall–Kier alpha value is -1.39. The predicted octanol–water partition coefficient (Wildman–Crippen LogP) is 1.42. The number of aliphatic hydroxyl groups is 2. The van der Waals surface area contributed by atoms with E-state index in [1.807, 2.05) is 0 Å². The Morgan fingerprint density at radius 1 is 1.14 bits per heavy atom. The summed E-state index contributed by atoms with van der Waals surface area (Å²) in [6.45, 7) is 3.07. The van der Waals surface area contributed by atoms with E-state index in [0.717, 1.165) is 25.7 Å². The molecule has 1 aliphatic heterocycles. The van der Waals surface area contributed by atoms with Gasteiger partial charge in [0.15, 0.2) is 0 Å². The zero-order chi connectivity index (χ0) is 20.6. The number of aliphatic hydroxyl groups excluding tert-OH is 2. The van der Waals surface area contributed by atoms with Crippen LogP contribution in [0, 0.1) is 0 Å². The molecule has 0 saturated carbocycles. The average molecular weight is 406 g/mol. The Kier molecular flexibility index (Phi) is 8.51. The van der Waals surface area contributed by atoms with E-state index in [-0.39, 0.29) is 25.2 Å². The van der Waals surface area contributed by atoms with Crippen LogP contribution < -0.4 is 10.5 Å². The fourth-order valence-corrected chi connectivity index (χ4v) is 2.98. The summed E-state index contributed by atoms with van der Waals surface area (Å²) in [5, 5.41) is 18.4. The average Bonchev–Trinajstić information content (AvgIpc) is 2.70. The van der Waals surface area contributed by atoms with Gasteiger partial charge in [0, 0.05) is 19.6 Å². The standard InChI is InChI=1S/C19H29F3N2O4/c20-19(21,22)16-12-15(4-5-18(23,13-25)14-26)2-3-17(16)28-9-1-6-24-7-10-27-11-8-24/h2-3,12,25-26H,1,4-11,13-14,23H2. The van der Waals surface area contributed by atoms with Crippen molar-refractivity contribution in [2.45, 2.75) is 31.0 Å². The Morgan fingerprint density at radius 2 is 1.82 bits per heavy atom. The van der Waals surface area contributed by atoms with E-state index in [2.05, 4.69) is 4.90 Å². The van der Waals surface area contributed by atoms with Gasteiger partial charge in [-0.05, 0) is 37.0 Å². The molecule has 0 aromatic heterocycles. The highest BCUT2D eigenvalue weighted by Crippen LogP contribution is 2.37. The number of halogens is 3. The largest absolute Gasteiger partial charge is 0.493 e. The van der Waals surface area contributed by atoms with E-state index in [9.17, 15) is 23.4 Å². The van der Waals surface area contributed by atoms with Crippen molar-refractivity contribution in [1.29, 1.82) is 0 Å². The predicted molar refractivity (Wildman–Crippen MR) is 98.2 cm³/mol. The maximum atomic E-state index is 13.4. The van der Waals surface area contributed by atoms with Gasteiger partial charge in [0.2, 0.25) is 0 Å². The smallest absolute Gasteiger partial charge is 0.419 e. The summed E-state index contributed by atoms with van der Waals surface area (Å²) >= 11 is 0. The number of hydrogen-bond acceptors (Lipinski definition) is 6. The lowest BCUT2D eigenvalue weighted by molar-refractivity contribution is -0.139. The minimum absolute atomic E-state index is 0.164. The lowest BCUT2D eigenvalue weighted by Gasteiger charge is -2.26. The highest BCUT2D eigenvalue weighted by Gasteiger charge is 2.35. The monoisotopic (exact) mass is 406 g/mol. The highest BCUT2D eigenvalue weighted by atomic mass is 19.4. The van der Waals surface area contributed by atoms with Crippen molar-refractivity contribution in [3.8, 4) is 5.75 Å². The fraction of sp³-hybridized carbons (Fsp3) is 0.684. The van der Waals surface area contributed by atoms with Gasteiger partial charge in [-0.15, -0.1) is 0 Å². The van der Waals surface area contributed by atoms with E-state index >= 15 is 0 Å². The zero-order valence-electron chi connectivity index (χ0n) is 15.9. The Labute approximate surface area is 163 Å². The lowest BCUT2D eigenvalue weighted by Crippen LogP contribution is -2.47. The van der Waals surface area contributed by atoms with Crippen LogP contribution in [0.5, 0.6) is 5.75 Å². The first-order valence-electron chi connectivity index (χ1n) is 9.41. The summed E-state index contributed by atoms with van der Waals surface area (Å²) in [7, 11) is 0. The van der Waals surface area contributed by atoms with Gasteiger partial charge in [-0.2, -0.15) is 13.2 Å². The molecule has 9 heteroatoms. The van der Waals surface area contributed by atoms with Gasteiger partial charge in [0.05, 0.1) is 44.1 Å². The molecular formula is C19H29F3N2O4. The molecule has 160 valence electrons. The van der Waals surface area contributed by atoms with Gasteiger partial charge in [0.25, 0.3) is 0 Å². The van der Waals surface area contributed by atoms with Gasteiger partial charge in [-0.3, -0.25) is 4.90 Å². The number of hydrogen-bond donors (Lipinski definition) is 3. The fourth-order valence-electron chi connectivity index (χ4n) is 2.98. The van der Waals surface area contributed by atoms with Crippen molar-refractivity contribution in [3.63, 3.8) is 0 Å². The minimum atomic E-state index is -4.54. The Balaban J connectivity index is 1.95. The van der Waals surface area contributed by atoms with Crippen LogP contribution in [0.2, 0.25) is 0 Å². The van der Waals surface area contributed by atoms with Crippen LogP contribution >= 0.6 is 0 Å². The highest BCUT2D eigenvalue weighted by molar-refractivity contribution is 5.39. The molecule has 0 radical (unpaired) electrons. The van der Waals surface area contributed by atoms with Crippen LogP contribution in [0.15, 0.2) is 18.2 Å². The molecule has 4 N–H and O–H groups in total. The molecule has 28 heavy (non-hydrogen) atoms. The van der Waals surface area contributed by atoms with Crippen LogP contribution in [-0.4, -0.2) is 73.3 Å². The second kappa shape index (κ2) is 10.4. The number of aryl methyl sites for hydroxylation is 1. The molecule has 1 fully saturated rings. The van der Waals surface area contributed by atoms with Crippen molar-refractivity contribution in [1.82, 2.24) is 4.90 Å². The maximum absolute atomic E-state index is 13.4. The number of morpholine rings is 1. The van der Waals surface area contributed by atoms with Crippen LogP contribution in [0.25, 0.3) is 0 Å². The minimum Gasteiger partial charge on any atom is -0.493 e. The van der Waals surface area contributed by atoms with Crippen LogP contribution in [0.4, 0.5) is 13.2 Å². The number of nitrogens with two attached hydrogens (primary N) is 1. The molecule has 0 bridgehead atoms. The molecule has 6 nitrogen and oxygen atoms in total.